The Kier molecular flexibility index (Phi) is 6.15. The largest absolute Gasteiger partial charge is 0.495 e. The average molecular weight is 384 g/mol. The van der Waals surface area contributed by atoms with Crippen LogP contribution in [0.4, 0.5) is 0 Å². The molecule has 1 aliphatic carbocycles. The number of aromatic nitrogens is 4. The summed E-state index contributed by atoms with van der Waals surface area (Å²) in [4.78, 5) is 12.5. The van der Waals surface area contributed by atoms with Crippen molar-refractivity contribution in [1.29, 1.82) is 0 Å². The summed E-state index contributed by atoms with van der Waals surface area (Å²) in [5.41, 5.74) is 2.05. The number of aliphatic imine (C=N–C) groups is 2. The normalized spacial score (nSPS) is 19.8. The number of aromatic amines is 1. The van der Waals surface area contributed by atoms with Crippen LogP contribution in [0.2, 0.25) is 0 Å². The summed E-state index contributed by atoms with van der Waals surface area (Å²) in [6.07, 6.45) is 2.72. The molecule has 0 amide bonds. The molecule has 3 unspecified atom stereocenters. The average Bonchev–Trinajstić information content (AvgIpc) is 3.35. The fourth-order valence-electron chi connectivity index (χ4n) is 2.98. The number of hydrogen-bond donors (Lipinski definition) is 2. The van der Waals surface area contributed by atoms with Gasteiger partial charge in [-0.25, -0.2) is 4.99 Å². The zero-order valence-corrected chi connectivity index (χ0v) is 16.0. The lowest BCUT2D eigenvalue weighted by atomic mass is 10.1. The minimum atomic E-state index is -0.323. The highest BCUT2D eigenvalue weighted by molar-refractivity contribution is 5.84. The molecule has 0 spiro atoms. The van der Waals surface area contributed by atoms with Crippen molar-refractivity contribution in [3.8, 4) is 5.75 Å². The Morgan fingerprint density at radius 1 is 1.43 bits per heavy atom. The van der Waals surface area contributed by atoms with Crippen LogP contribution in [0, 0.1) is 5.92 Å². The third-order valence-electron chi connectivity index (χ3n) is 4.75. The minimum absolute atomic E-state index is 0.224. The summed E-state index contributed by atoms with van der Waals surface area (Å²) in [7, 11) is 1.62. The third kappa shape index (κ3) is 4.42. The van der Waals surface area contributed by atoms with Crippen LogP contribution < -0.4 is 4.74 Å². The molecule has 0 saturated heterocycles. The molecule has 0 aromatic carbocycles. The zero-order valence-electron chi connectivity index (χ0n) is 16.0. The second kappa shape index (κ2) is 8.75. The zero-order chi connectivity index (χ0) is 20.1. The lowest BCUT2D eigenvalue weighted by molar-refractivity contribution is 0.267. The number of aliphatic hydroxyl groups excluding tert-OH is 1. The summed E-state index contributed by atoms with van der Waals surface area (Å²) < 4.78 is 11.2. The van der Waals surface area contributed by atoms with Crippen LogP contribution in [0.25, 0.3) is 0 Å². The van der Waals surface area contributed by atoms with E-state index in [1.165, 1.54) is 0 Å². The Bertz CT molecular complexity index is 861. The maximum Gasteiger partial charge on any atom is 0.199 e. The van der Waals surface area contributed by atoms with Gasteiger partial charge < -0.3 is 14.6 Å². The molecule has 1 saturated carbocycles. The number of ether oxygens (including phenoxy) is 2. The van der Waals surface area contributed by atoms with E-state index >= 15 is 0 Å². The summed E-state index contributed by atoms with van der Waals surface area (Å²) >= 11 is 0. The molecule has 28 heavy (non-hydrogen) atoms. The lowest BCUT2D eigenvalue weighted by Crippen LogP contribution is -2.17. The second-order valence-corrected chi connectivity index (χ2v) is 6.60. The van der Waals surface area contributed by atoms with Crippen LogP contribution in [-0.2, 0) is 11.3 Å². The molecule has 9 nitrogen and oxygen atoms in total. The highest BCUT2D eigenvalue weighted by atomic mass is 16.5. The molecule has 0 radical (unpaired) electrons. The van der Waals surface area contributed by atoms with Crippen LogP contribution in [0.15, 0.2) is 40.7 Å². The van der Waals surface area contributed by atoms with E-state index in [1.807, 2.05) is 19.1 Å². The molecule has 2 aromatic heterocycles. The van der Waals surface area contributed by atoms with Gasteiger partial charge in [-0.3, -0.25) is 4.98 Å². The molecule has 1 fully saturated rings. The van der Waals surface area contributed by atoms with Crippen molar-refractivity contribution in [3.05, 3.63) is 47.8 Å². The monoisotopic (exact) mass is 384 g/mol. The van der Waals surface area contributed by atoms with Gasteiger partial charge in [0.1, 0.15) is 23.0 Å². The number of nitrogens with zero attached hydrogens (tertiary/aromatic N) is 5. The Hall–Kier alpha value is -3.07. The van der Waals surface area contributed by atoms with Crippen LogP contribution in [0.5, 0.6) is 5.75 Å². The first kappa shape index (κ1) is 19.7. The van der Waals surface area contributed by atoms with Crippen molar-refractivity contribution in [1.82, 2.24) is 20.4 Å². The lowest BCUT2D eigenvalue weighted by Gasteiger charge is -2.15. The second-order valence-electron chi connectivity index (χ2n) is 6.60. The van der Waals surface area contributed by atoms with E-state index in [9.17, 15) is 5.11 Å². The first-order valence-corrected chi connectivity index (χ1v) is 8.94. The standard InChI is InChI=1S/C19H24N6O3/c1-11(18-17(9-26)23-25-24-18)19(22-12(2)20-3)28-10-13-7-15(13)16-6-5-14(27-4)8-21-16/h5-6,8,11,13,15,26H,2-3,7,9-10H2,1,4H3,(H,23,24,25). The smallest absolute Gasteiger partial charge is 0.199 e. The van der Waals surface area contributed by atoms with E-state index in [4.69, 9.17) is 9.47 Å². The minimum Gasteiger partial charge on any atom is -0.495 e. The summed E-state index contributed by atoms with van der Waals surface area (Å²) in [5, 5.41) is 20.0. The third-order valence-corrected chi connectivity index (χ3v) is 4.75. The highest BCUT2D eigenvalue weighted by Crippen LogP contribution is 2.47. The Balaban J connectivity index is 1.66. The summed E-state index contributed by atoms with van der Waals surface area (Å²) in [6, 6.07) is 3.89. The van der Waals surface area contributed by atoms with Gasteiger partial charge in [0.05, 0.1) is 32.4 Å². The van der Waals surface area contributed by atoms with Gasteiger partial charge in [0, 0.05) is 17.5 Å². The van der Waals surface area contributed by atoms with E-state index in [1.54, 1.807) is 13.3 Å². The molecule has 2 N–H and O–H groups in total. The quantitative estimate of drug-likeness (QED) is 0.505. The van der Waals surface area contributed by atoms with Crippen LogP contribution in [0.1, 0.15) is 42.3 Å². The molecule has 2 aromatic rings. The van der Waals surface area contributed by atoms with Crippen molar-refractivity contribution < 1.29 is 14.6 Å². The fourth-order valence-corrected chi connectivity index (χ4v) is 2.98. The molecule has 1 aliphatic rings. The molecule has 3 atom stereocenters. The van der Waals surface area contributed by atoms with Gasteiger partial charge in [-0.15, -0.1) is 0 Å². The number of H-pyrrole nitrogens is 1. The van der Waals surface area contributed by atoms with Crippen molar-refractivity contribution in [3.63, 3.8) is 0 Å². The van der Waals surface area contributed by atoms with Crippen molar-refractivity contribution in [2.75, 3.05) is 13.7 Å². The van der Waals surface area contributed by atoms with Gasteiger partial charge >= 0.3 is 0 Å². The van der Waals surface area contributed by atoms with E-state index in [2.05, 4.69) is 43.7 Å². The summed E-state index contributed by atoms with van der Waals surface area (Å²) in [5.74, 6) is 1.77. The molecule has 3 rings (SSSR count). The van der Waals surface area contributed by atoms with Crippen LogP contribution in [-0.4, -0.2) is 51.8 Å². The highest BCUT2D eigenvalue weighted by Gasteiger charge is 2.40. The van der Waals surface area contributed by atoms with Crippen molar-refractivity contribution in [2.45, 2.75) is 31.8 Å². The summed E-state index contributed by atoms with van der Waals surface area (Å²) in [6.45, 7) is 9.30. The van der Waals surface area contributed by atoms with E-state index in [-0.39, 0.29) is 18.3 Å². The number of pyridine rings is 1. The Labute approximate surface area is 163 Å². The molecule has 2 heterocycles. The van der Waals surface area contributed by atoms with Crippen LogP contribution in [0.3, 0.4) is 0 Å². The van der Waals surface area contributed by atoms with Crippen molar-refractivity contribution >= 4 is 12.6 Å². The SMILES string of the molecule is C=NC(=C)N=C(OCC1CC1c1ccc(OC)cn1)C(C)c1n[nH]nc1CO. The topological polar surface area (TPSA) is 118 Å². The van der Waals surface area contributed by atoms with Gasteiger partial charge in [0.2, 0.25) is 0 Å². The molecular weight excluding hydrogens is 360 g/mol. The molecule has 9 heteroatoms. The number of rotatable bonds is 9. The maximum atomic E-state index is 9.43. The van der Waals surface area contributed by atoms with Gasteiger partial charge in [0.25, 0.3) is 0 Å². The van der Waals surface area contributed by atoms with E-state index < -0.39 is 0 Å². The van der Waals surface area contributed by atoms with Gasteiger partial charge in [-0.2, -0.15) is 20.4 Å². The van der Waals surface area contributed by atoms with E-state index in [0.717, 1.165) is 17.9 Å². The van der Waals surface area contributed by atoms with Gasteiger partial charge in [0.15, 0.2) is 5.90 Å². The fraction of sp³-hybridized carbons (Fsp3) is 0.421. The number of aliphatic hydroxyl groups is 1. The molecular formula is C19H24N6O3. The molecule has 0 aliphatic heterocycles. The molecule has 0 bridgehead atoms. The van der Waals surface area contributed by atoms with E-state index in [0.29, 0.717) is 35.7 Å². The van der Waals surface area contributed by atoms with Crippen molar-refractivity contribution in [2.24, 2.45) is 15.9 Å². The predicted molar refractivity (Wildman–Crippen MR) is 104 cm³/mol. The number of nitrogens with one attached hydrogen (secondary N) is 1. The Morgan fingerprint density at radius 2 is 2.25 bits per heavy atom. The molecule has 148 valence electrons. The number of hydrogen-bond acceptors (Lipinski definition) is 8. The number of methoxy groups -OCH3 is 1. The van der Waals surface area contributed by atoms with Crippen LogP contribution >= 0.6 is 0 Å². The van der Waals surface area contributed by atoms with Gasteiger partial charge in [-0.1, -0.05) is 6.58 Å². The first-order valence-electron chi connectivity index (χ1n) is 8.94. The van der Waals surface area contributed by atoms with Gasteiger partial charge in [-0.05, 0) is 32.2 Å². The first-order chi connectivity index (χ1) is 13.6. The maximum absolute atomic E-state index is 9.43. The predicted octanol–water partition coefficient (Wildman–Crippen LogP) is 2.19. The Morgan fingerprint density at radius 3 is 2.89 bits per heavy atom.